The van der Waals surface area contributed by atoms with Crippen molar-refractivity contribution in [2.75, 3.05) is 18.5 Å². The molecule has 0 saturated heterocycles. The molecule has 2 atom stereocenters. The number of nitrogens with one attached hydrogen (secondary N) is 3. The Morgan fingerprint density at radius 3 is 2.04 bits per heavy atom. The molecule has 0 radical (unpaired) electrons. The van der Waals surface area contributed by atoms with Crippen LogP contribution in [0.2, 0.25) is 0 Å². The molecule has 238 valence electrons. The minimum Gasteiger partial charge on any atom is -0.449 e. The van der Waals surface area contributed by atoms with Gasteiger partial charge in [-0.05, 0) is 71.2 Å². The minimum atomic E-state index is -0.832. The highest BCUT2D eigenvalue weighted by molar-refractivity contribution is 5.97. The van der Waals surface area contributed by atoms with Crippen LogP contribution in [-0.2, 0) is 27.4 Å². The van der Waals surface area contributed by atoms with Crippen LogP contribution in [-0.4, -0.2) is 48.2 Å². The Morgan fingerprint density at radius 1 is 0.761 bits per heavy atom. The SMILES string of the molecule is NC(Cc1ccccc1)C(=O)NC(CCCCNC(=O)OCC1c2ccccc2-c2ccccc21)C(=O)Nc1ccc(CO)cc1. The van der Waals surface area contributed by atoms with Crippen LogP contribution in [0.1, 0.15) is 47.4 Å². The van der Waals surface area contributed by atoms with Crippen LogP contribution in [0.4, 0.5) is 10.5 Å². The van der Waals surface area contributed by atoms with Crippen molar-refractivity contribution < 1.29 is 24.2 Å². The first-order chi connectivity index (χ1) is 22.4. The highest BCUT2D eigenvalue weighted by Gasteiger charge is 2.29. The smallest absolute Gasteiger partial charge is 0.407 e. The molecule has 9 heteroatoms. The molecule has 6 N–H and O–H groups in total. The average molecular weight is 621 g/mol. The second-order valence-corrected chi connectivity index (χ2v) is 11.4. The Bertz CT molecular complexity index is 1580. The van der Waals surface area contributed by atoms with Gasteiger partial charge in [0.05, 0.1) is 12.6 Å². The zero-order valence-electron chi connectivity index (χ0n) is 25.7. The lowest BCUT2D eigenvalue weighted by molar-refractivity contribution is -0.127. The minimum absolute atomic E-state index is 0.0193. The second-order valence-electron chi connectivity index (χ2n) is 11.4. The molecule has 0 aromatic heterocycles. The maximum atomic E-state index is 13.2. The summed E-state index contributed by atoms with van der Waals surface area (Å²) in [6, 6.07) is 31.0. The van der Waals surface area contributed by atoms with Gasteiger partial charge in [0, 0.05) is 18.2 Å². The molecule has 0 heterocycles. The van der Waals surface area contributed by atoms with E-state index in [1.807, 2.05) is 54.6 Å². The van der Waals surface area contributed by atoms with Gasteiger partial charge in [0.15, 0.2) is 0 Å². The topological polar surface area (TPSA) is 143 Å². The van der Waals surface area contributed by atoms with Crippen molar-refractivity contribution in [2.24, 2.45) is 5.73 Å². The van der Waals surface area contributed by atoms with E-state index in [9.17, 15) is 19.5 Å². The van der Waals surface area contributed by atoms with Crippen molar-refractivity contribution in [2.45, 2.75) is 50.3 Å². The summed E-state index contributed by atoms with van der Waals surface area (Å²) in [7, 11) is 0. The number of carbonyl (C=O) groups is 3. The van der Waals surface area contributed by atoms with E-state index in [0.717, 1.165) is 22.3 Å². The molecule has 1 aliphatic rings. The van der Waals surface area contributed by atoms with Crippen molar-refractivity contribution in [1.82, 2.24) is 10.6 Å². The van der Waals surface area contributed by atoms with E-state index in [1.54, 1.807) is 24.3 Å². The van der Waals surface area contributed by atoms with Crippen molar-refractivity contribution in [3.05, 3.63) is 125 Å². The Kier molecular flexibility index (Phi) is 11.2. The molecule has 1 aliphatic carbocycles. The number of amides is 3. The van der Waals surface area contributed by atoms with Gasteiger partial charge in [0.25, 0.3) is 0 Å². The number of nitrogens with two attached hydrogens (primary N) is 1. The summed E-state index contributed by atoms with van der Waals surface area (Å²) in [6.07, 6.45) is 1.32. The Balaban J connectivity index is 1.11. The Morgan fingerprint density at radius 2 is 1.39 bits per heavy atom. The number of alkyl carbamates (subject to hydrolysis) is 1. The fourth-order valence-corrected chi connectivity index (χ4v) is 5.74. The van der Waals surface area contributed by atoms with Gasteiger partial charge < -0.3 is 31.5 Å². The molecule has 3 amide bonds. The second kappa shape index (κ2) is 15.8. The summed E-state index contributed by atoms with van der Waals surface area (Å²) < 4.78 is 5.62. The van der Waals surface area contributed by atoms with Crippen LogP contribution in [0.15, 0.2) is 103 Å². The van der Waals surface area contributed by atoms with Crippen molar-refractivity contribution in [1.29, 1.82) is 0 Å². The third kappa shape index (κ3) is 8.38. The number of anilines is 1. The first kappa shape index (κ1) is 32.4. The van der Waals surface area contributed by atoms with Gasteiger partial charge in [-0.15, -0.1) is 0 Å². The van der Waals surface area contributed by atoms with Crippen LogP contribution >= 0.6 is 0 Å². The monoisotopic (exact) mass is 620 g/mol. The number of fused-ring (bicyclic) bond motifs is 3. The Hall–Kier alpha value is -4.99. The van der Waals surface area contributed by atoms with Crippen molar-refractivity contribution >= 4 is 23.6 Å². The van der Waals surface area contributed by atoms with Gasteiger partial charge in [-0.2, -0.15) is 0 Å². The largest absolute Gasteiger partial charge is 0.449 e. The number of hydrogen-bond acceptors (Lipinski definition) is 6. The number of aliphatic hydroxyl groups is 1. The molecular formula is C37H40N4O5. The zero-order valence-corrected chi connectivity index (χ0v) is 25.7. The maximum Gasteiger partial charge on any atom is 0.407 e. The first-order valence-corrected chi connectivity index (χ1v) is 15.6. The molecule has 46 heavy (non-hydrogen) atoms. The summed E-state index contributed by atoms with van der Waals surface area (Å²) in [6.45, 7) is 0.488. The number of ether oxygens (including phenoxy) is 1. The quantitative estimate of drug-likeness (QED) is 0.127. The first-order valence-electron chi connectivity index (χ1n) is 15.6. The van der Waals surface area contributed by atoms with E-state index < -0.39 is 24.1 Å². The van der Waals surface area contributed by atoms with Gasteiger partial charge in [-0.25, -0.2) is 4.79 Å². The number of benzene rings is 4. The van der Waals surface area contributed by atoms with E-state index in [2.05, 4.69) is 40.2 Å². The van der Waals surface area contributed by atoms with Crippen LogP contribution in [0, 0.1) is 0 Å². The van der Waals surface area contributed by atoms with Gasteiger partial charge in [0.1, 0.15) is 12.6 Å². The lowest BCUT2D eigenvalue weighted by Crippen LogP contribution is -2.50. The predicted octanol–water partition coefficient (Wildman–Crippen LogP) is 4.88. The summed E-state index contributed by atoms with van der Waals surface area (Å²) in [5.41, 5.74) is 13.0. The van der Waals surface area contributed by atoms with Crippen LogP contribution in [0.25, 0.3) is 11.1 Å². The summed E-state index contributed by atoms with van der Waals surface area (Å²) >= 11 is 0. The normalized spacial score (nSPS) is 13.2. The highest BCUT2D eigenvalue weighted by atomic mass is 16.5. The van der Waals surface area contributed by atoms with Gasteiger partial charge in [-0.1, -0.05) is 91.0 Å². The molecule has 0 fully saturated rings. The summed E-state index contributed by atoms with van der Waals surface area (Å²) in [5.74, 6) is -0.813. The molecular weight excluding hydrogens is 580 g/mol. The van der Waals surface area contributed by atoms with E-state index in [4.69, 9.17) is 10.5 Å². The standard InChI is InChI=1S/C37H40N4O5/c38-33(22-25-10-2-1-3-11-25)35(43)41-34(36(44)40-27-19-17-26(23-42)18-20-27)16-8-9-21-39-37(45)46-24-32-30-14-6-4-12-28(30)29-13-5-7-15-31(29)32/h1-7,10-15,17-20,32-34,42H,8-9,16,21-24,38H2,(H,39,45)(H,40,44)(H,41,43). The van der Waals surface area contributed by atoms with E-state index >= 15 is 0 Å². The van der Waals surface area contributed by atoms with Gasteiger partial charge in [-0.3, -0.25) is 9.59 Å². The molecule has 5 rings (SSSR count). The maximum absolute atomic E-state index is 13.2. The summed E-state index contributed by atoms with van der Waals surface area (Å²) in [4.78, 5) is 38.8. The molecule has 0 bridgehead atoms. The molecule has 4 aromatic rings. The van der Waals surface area contributed by atoms with E-state index in [1.165, 1.54) is 11.1 Å². The molecule has 0 aliphatic heterocycles. The predicted molar refractivity (Wildman–Crippen MR) is 178 cm³/mol. The number of unbranched alkanes of at least 4 members (excludes halogenated alkanes) is 1. The van der Waals surface area contributed by atoms with Crippen molar-refractivity contribution in [3.63, 3.8) is 0 Å². The fraction of sp³-hybridized carbons (Fsp3) is 0.270. The fourth-order valence-electron chi connectivity index (χ4n) is 5.74. The molecule has 0 saturated carbocycles. The van der Waals surface area contributed by atoms with Crippen LogP contribution in [0.5, 0.6) is 0 Å². The van der Waals surface area contributed by atoms with E-state index in [0.29, 0.717) is 37.9 Å². The zero-order chi connectivity index (χ0) is 32.3. The highest BCUT2D eigenvalue weighted by Crippen LogP contribution is 2.44. The van der Waals surface area contributed by atoms with Gasteiger partial charge >= 0.3 is 6.09 Å². The van der Waals surface area contributed by atoms with Crippen LogP contribution < -0.4 is 21.7 Å². The lowest BCUT2D eigenvalue weighted by Gasteiger charge is -2.21. The third-order valence-corrected chi connectivity index (χ3v) is 8.20. The number of rotatable bonds is 14. The van der Waals surface area contributed by atoms with Crippen LogP contribution in [0.3, 0.4) is 0 Å². The van der Waals surface area contributed by atoms with Crippen molar-refractivity contribution in [3.8, 4) is 11.1 Å². The molecule has 9 nitrogen and oxygen atoms in total. The number of hydrogen-bond donors (Lipinski definition) is 5. The van der Waals surface area contributed by atoms with Gasteiger partial charge in [0.2, 0.25) is 11.8 Å². The molecule has 4 aromatic carbocycles. The van der Waals surface area contributed by atoms with E-state index in [-0.39, 0.29) is 25.0 Å². The average Bonchev–Trinajstić information content (AvgIpc) is 3.40. The lowest BCUT2D eigenvalue weighted by atomic mass is 9.98. The Labute approximate surface area is 269 Å². The number of carbonyl (C=O) groups excluding carboxylic acids is 3. The molecule has 2 unspecified atom stereocenters. The summed E-state index contributed by atoms with van der Waals surface area (Å²) in [5, 5.41) is 17.8. The number of aliphatic hydroxyl groups excluding tert-OH is 1. The third-order valence-electron chi connectivity index (χ3n) is 8.20. The molecule has 0 spiro atoms.